The molecule has 0 aliphatic carbocycles. The lowest BCUT2D eigenvalue weighted by molar-refractivity contribution is 0.472. The van der Waals surface area contributed by atoms with Crippen LogP contribution in [-0.2, 0) is 13.0 Å². The molecule has 0 saturated heterocycles. The largest absolute Gasteiger partial charge is 0.324 e. The Morgan fingerprint density at radius 2 is 2.07 bits per heavy atom. The highest BCUT2D eigenvalue weighted by Gasteiger charge is 2.16. The Bertz CT molecular complexity index is 1120. The Morgan fingerprint density at radius 1 is 1.15 bits per heavy atom. The number of fused-ring (bicyclic) bond motifs is 1. The molecular weight excluding hydrogens is 347 g/mol. The first-order valence-corrected chi connectivity index (χ1v) is 8.40. The van der Waals surface area contributed by atoms with Crippen LogP contribution in [0.2, 0.25) is 0 Å². The predicted molar refractivity (Wildman–Crippen MR) is 94.4 cm³/mol. The second kappa shape index (κ2) is 7.29. The van der Waals surface area contributed by atoms with Gasteiger partial charge in [0, 0.05) is 24.2 Å². The summed E-state index contributed by atoms with van der Waals surface area (Å²) in [6, 6.07) is 5.56. The van der Waals surface area contributed by atoms with Crippen LogP contribution in [0.5, 0.6) is 0 Å². The van der Waals surface area contributed by atoms with Crippen LogP contribution < -0.4 is 0 Å². The number of hydrogen-bond donors (Lipinski definition) is 0. The van der Waals surface area contributed by atoms with Gasteiger partial charge in [-0.2, -0.15) is 5.26 Å². The van der Waals surface area contributed by atoms with Crippen molar-refractivity contribution in [1.29, 1.82) is 5.26 Å². The summed E-state index contributed by atoms with van der Waals surface area (Å²) in [4.78, 5) is 13.2. The Kier molecular flexibility index (Phi) is 4.53. The Labute approximate surface area is 154 Å². The Balaban J connectivity index is 1.76. The van der Waals surface area contributed by atoms with Gasteiger partial charge in [0.15, 0.2) is 11.5 Å². The molecule has 0 bridgehead atoms. The number of rotatable bonds is 6. The van der Waals surface area contributed by atoms with Crippen molar-refractivity contribution in [2.45, 2.75) is 19.4 Å². The third kappa shape index (κ3) is 3.13. The highest BCUT2D eigenvalue weighted by Crippen LogP contribution is 2.22. The standard InChI is InChI=1S/C18H15FN8/c19-5-1-4-14-15(23-11-27-12-24-25-17(14)27)10-26-8-7-22-18(26)16-13(9-20)3-2-6-21-16/h2-3,6-8,11-12H,1,4-5,10H2. The molecule has 0 aliphatic heterocycles. The molecule has 4 aromatic rings. The number of nitrogens with zero attached hydrogens (tertiary/aromatic N) is 8. The van der Waals surface area contributed by atoms with Gasteiger partial charge in [-0.05, 0) is 25.0 Å². The maximum Gasteiger partial charge on any atom is 0.166 e. The van der Waals surface area contributed by atoms with Gasteiger partial charge in [0.05, 0.1) is 24.5 Å². The predicted octanol–water partition coefficient (Wildman–Crippen LogP) is 2.20. The molecule has 4 aromatic heterocycles. The molecule has 8 nitrogen and oxygen atoms in total. The molecule has 0 atom stereocenters. The fourth-order valence-electron chi connectivity index (χ4n) is 3.01. The SMILES string of the molecule is N#Cc1cccnc1-c1nccn1Cc1ncn2cnnc2c1CCCF. The van der Waals surface area contributed by atoms with Gasteiger partial charge in [-0.15, -0.1) is 10.2 Å². The normalized spacial score (nSPS) is 11.0. The number of aryl methyl sites for hydroxylation is 1. The van der Waals surface area contributed by atoms with Gasteiger partial charge < -0.3 is 4.57 Å². The van der Waals surface area contributed by atoms with Gasteiger partial charge in [-0.25, -0.2) is 9.97 Å². The second-order valence-electron chi connectivity index (χ2n) is 5.91. The summed E-state index contributed by atoms with van der Waals surface area (Å²) in [6.45, 7) is -0.00776. The zero-order valence-corrected chi connectivity index (χ0v) is 14.3. The number of hydrogen-bond acceptors (Lipinski definition) is 6. The summed E-state index contributed by atoms with van der Waals surface area (Å²) >= 11 is 0. The number of halogens is 1. The molecule has 0 unspecified atom stereocenters. The maximum absolute atomic E-state index is 12.8. The van der Waals surface area contributed by atoms with Crippen LogP contribution >= 0.6 is 0 Å². The van der Waals surface area contributed by atoms with E-state index in [1.54, 1.807) is 47.8 Å². The molecule has 134 valence electrons. The highest BCUT2D eigenvalue weighted by molar-refractivity contribution is 5.60. The lowest BCUT2D eigenvalue weighted by Crippen LogP contribution is -2.10. The van der Waals surface area contributed by atoms with E-state index in [2.05, 4.69) is 31.2 Å². The molecule has 0 spiro atoms. The van der Waals surface area contributed by atoms with Crippen LogP contribution in [0.25, 0.3) is 17.2 Å². The van der Waals surface area contributed by atoms with Crippen LogP contribution in [0.4, 0.5) is 4.39 Å². The molecule has 0 radical (unpaired) electrons. The van der Waals surface area contributed by atoms with Crippen LogP contribution in [0.1, 0.15) is 23.2 Å². The van der Waals surface area contributed by atoms with E-state index in [0.717, 1.165) is 11.3 Å². The van der Waals surface area contributed by atoms with Gasteiger partial charge in [0.25, 0.3) is 0 Å². The smallest absolute Gasteiger partial charge is 0.166 e. The van der Waals surface area contributed by atoms with Crippen LogP contribution in [-0.4, -0.2) is 40.8 Å². The molecule has 0 saturated carbocycles. The first-order chi connectivity index (χ1) is 13.3. The van der Waals surface area contributed by atoms with Crippen molar-refractivity contribution >= 4 is 5.65 Å². The summed E-state index contributed by atoms with van der Waals surface area (Å²) in [5.41, 5.74) is 3.25. The molecule has 0 fully saturated rings. The first-order valence-electron chi connectivity index (χ1n) is 8.40. The summed E-state index contributed by atoms with van der Waals surface area (Å²) in [5, 5.41) is 17.4. The summed E-state index contributed by atoms with van der Waals surface area (Å²) in [7, 11) is 0. The molecular formula is C18H15FN8. The molecule has 4 heterocycles. The van der Waals surface area contributed by atoms with E-state index in [0.29, 0.717) is 42.1 Å². The maximum atomic E-state index is 12.8. The summed E-state index contributed by atoms with van der Waals surface area (Å²) in [5.74, 6) is 0.576. The minimum Gasteiger partial charge on any atom is -0.324 e. The average Bonchev–Trinajstić information content (AvgIpc) is 3.36. The fourth-order valence-corrected chi connectivity index (χ4v) is 3.01. The van der Waals surface area contributed by atoms with Crippen molar-refractivity contribution in [3.05, 3.63) is 60.2 Å². The van der Waals surface area contributed by atoms with Crippen molar-refractivity contribution < 1.29 is 4.39 Å². The van der Waals surface area contributed by atoms with Crippen LogP contribution in [0.3, 0.4) is 0 Å². The van der Waals surface area contributed by atoms with Crippen LogP contribution in [0.15, 0.2) is 43.4 Å². The lowest BCUT2D eigenvalue weighted by Gasteiger charge is -2.12. The molecule has 4 rings (SSSR count). The molecule has 27 heavy (non-hydrogen) atoms. The third-order valence-corrected chi connectivity index (χ3v) is 4.27. The first kappa shape index (κ1) is 16.8. The van der Waals surface area contributed by atoms with Crippen molar-refractivity contribution in [2.24, 2.45) is 0 Å². The lowest BCUT2D eigenvalue weighted by atomic mass is 10.1. The van der Waals surface area contributed by atoms with Gasteiger partial charge in [0.1, 0.15) is 24.4 Å². The molecule has 0 aliphatic rings. The number of nitriles is 1. The van der Waals surface area contributed by atoms with E-state index in [9.17, 15) is 9.65 Å². The van der Waals surface area contributed by atoms with Crippen molar-refractivity contribution in [3.8, 4) is 17.6 Å². The van der Waals surface area contributed by atoms with Gasteiger partial charge >= 0.3 is 0 Å². The molecule has 9 heteroatoms. The van der Waals surface area contributed by atoms with E-state index in [-0.39, 0.29) is 0 Å². The monoisotopic (exact) mass is 362 g/mol. The number of imidazole rings is 1. The van der Waals surface area contributed by atoms with Gasteiger partial charge in [-0.1, -0.05) is 0 Å². The van der Waals surface area contributed by atoms with E-state index < -0.39 is 6.67 Å². The zero-order valence-electron chi connectivity index (χ0n) is 14.3. The zero-order chi connectivity index (χ0) is 18.6. The molecule has 0 N–H and O–H groups in total. The second-order valence-corrected chi connectivity index (χ2v) is 5.91. The summed E-state index contributed by atoms with van der Waals surface area (Å²) < 4.78 is 16.4. The van der Waals surface area contributed by atoms with E-state index in [1.807, 2.05) is 4.57 Å². The average molecular weight is 362 g/mol. The number of pyridine rings is 1. The van der Waals surface area contributed by atoms with Crippen LogP contribution in [0, 0.1) is 11.3 Å². The van der Waals surface area contributed by atoms with Crippen molar-refractivity contribution in [2.75, 3.05) is 6.67 Å². The van der Waals surface area contributed by atoms with Gasteiger partial charge in [0.2, 0.25) is 0 Å². The quantitative estimate of drug-likeness (QED) is 0.522. The minimum atomic E-state index is -0.412. The number of alkyl halides is 1. The van der Waals surface area contributed by atoms with Crippen molar-refractivity contribution in [3.63, 3.8) is 0 Å². The fraction of sp³-hybridized carbons (Fsp3) is 0.222. The van der Waals surface area contributed by atoms with Crippen molar-refractivity contribution in [1.82, 2.24) is 34.1 Å². The summed E-state index contributed by atoms with van der Waals surface area (Å²) in [6.07, 6.45) is 9.20. The van der Waals surface area contributed by atoms with E-state index in [1.165, 1.54) is 0 Å². The Hall–Kier alpha value is -3.67. The Morgan fingerprint density at radius 3 is 2.93 bits per heavy atom. The van der Waals surface area contributed by atoms with Gasteiger partial charge in [-0.3, -0.25) is 13.8 Å². The molecule has 0 aromatic carbocycles. The van der Waals surface area contributed by atoms with E-state index >= 15 is 0 Å². The molecule has 0 amide bonds. The van der Waals surface area contributed by atoms with E-state index in [4.69, 9.17) is 0 Å². The highest BCUT2D eigenvalue weighted by atomic mass is 19.1. The topological polar surface area (TPSA) is 97.6 Å². The third-order valence-electron chi connectivity index (χ3n) is 4.27. The minimum absolute atomic E-state index is 0.386. The number of aromatic nitrogens is 7.